The largest absolute Gasteiger partial charge is 0.396 e. The van der Waals surface area contributed by atoms with Gasteiger partial charge in [-0.25, -0.2) is 8.42 Å². The number of nitrogens with one attached hydrogen (secondary N) is 1. The Balaban J connectivity index is 2.61. The Morgan fingerprint density at radius 1 is 1.28 bits per heavy atom. The lowest BCUT2D eigenvalue weighted by Crippen LogP contribution is -2.12. The van der Waals surface area contributed by atoms with Gasteiger partial charge in [-0.05, 0) is 36.6 Å². The fourth-order valence-electron chi connectivity index (χ4n) is 1.56. The quantitative estimate of drug-likeness (QED) is 0.795. The fourth-order valence-corrected chi connectivity index (χ4v) is 2.45. The van der Waals surface area contributed by atoms with Crippen molar-refractivity contribution in [2.24, 2.45) is 5.92 Å². The van der Waals surface area contributed by atoms with Crippen molar-refractivity contribution in [1.29, 1.82) is 0 Å². The Hall–Kier alpha value is -1.07. The smallest absolute Gasteiger partial charge is 0.178 e. The van der Waals surface area contributed by atoms with Gasteiger partial charge in [-0.2, -0.15) is 0 Å². The molecule has 0 aromatic heterocycles. The topological polar surface area (TPSA) is 66.4 Å². The molecule has 0 aliphatic carbocycles. The maximum atomic E-state index is 11.6. The number of benzene rings is 1. The normalized spacial score (nSPS) is 13.3. The van der Waals surface area contributed by atoms with Crippen molar-refractivity contribution in [2.75, 3.05) is 24.2 Å². The number of aliphatic hydroxyl groups is 1. The molecule has 5 heteroatoms. The van der Waals surface area contributed by atoms with Gasteiger partial charge < -0.3 is 10.4 Å². The summed E-state index contributed by atoms with van der Waals surface area (Å²) in [5.74, 6) is 0.502. The summed E-state index contributed by atoms with van der Waals surface area (Å²) in [6, 6.07) is 6.79. The highest BCUT2D eigenvalue weighted by Crippen LogP contribution is 2.15. The lowest BCUT2D eigenvalue weighted by Gasteiger charge is -2.12. The number of hydrogen-bond acceptors (Lipinski definition) is 4. The van der Waals surface area contributed by atoms with E-state index in [4.69, 9.17) is 5.11 Å². The molecule has 0 aliphatic heterocycles. The van der Waals surface area contributed by atoms with E-state index in [1.807, 2.05) is 0 Å². The highest BCUT2D eigenvalue weighted by molar-refractivity contribution is 7.91. The lowest BCUT2D eigenvalue weighted by atomic mass is 10.1. The SMILES string of the molecule is CCS(=O)(=O)c1ccc(NCC(C)CCO)cc1. The molecule has 0 spiro atoms. The van der Waals surface area contributed by atoms with Crippen LogP contribution in [0.5, 0.6) is 0 Å². The van der Waals surface area contributed by atoms with Crippen LogP contribution in [0.25, 0.3) is 0 Å². The summed E-state index contributed by atoms with van der Waals surface area (Å²) >= 11 is 0. The first-order valence-corrected chi connectivity index (χ1v) is 7.82. The zero-order valence-electron chi connectivity index (χ0n) is 10.9. The van der Waals surface area contributed by atoms with Crippen LogP contribution in [-0.4, -0.2) is 32.4 Å². The predicted molar refractivity (Wildman–Crippen MR) is 73.5 cm³/mol. The van der Waals surface area contributed by atoms with Gasteiger partial charge in [0, 0.05) is 18.8 Å². The van der Waals surface area contributed by atoms with Crippen molar-refractivity contribution in [3.63, 3.8) is 0 Å². The van der Waals surface area contributed by atoms with Crippen LogP contribution in [-0.2, 0) is 9.84 Å². The summed E-state index contributed by atoms with van der Waals surface area (Å²) in [6.07, 6.45) is 0.759. The van der Waals surface area contributed by atoms with Gasteiger partial charge in [-0.15, -0.1) is 0 Å². The van der Waals surface area contributed by atoms with Gasteiger partial charge in [-0.1, -0.05) is 13.8 Å². The average molecular weight is 271 g/mol. The van der Waals surface area contributed by atoms with Crippen LogP contribution in [0.1, 0.15) is 20.3 Å². The summed E-state index contributed by atoms with van der Waals surface area (Å²) in [6.45, 7) is 4.65. The van der Waals surface area contributed by atoms with Gasteiger partial charge in [0.25, 0.3) is 0 Å². The minimum Gasteiger partial charge on any atom is -0.396 e. The lowest BCUT2D eigenvalue weighted by molar-refractivity contribution is 0.266. The van der Waals surface area contributed by atoms with Gasteiger partial charge in [-0.3, -0.25) is 0 Å². The van der Waals surface area contributed by atoms with Crippen molar-refractivity contribution in [2.45, 2.75) is 25.2 Å². The van der Waals surface area contributed by atoms with Gasteiger partial charge >= 0.3 is 0 Å². The summed E-state index contributed by atoms with van der Waals surface area (Å²) < 4.78 is 23.2. The van der Waals surface area contributed by atoms with E-state index < -0.39 is 9.84 Å². The third kappa shape index (κ3) is 4.31. The molecule has 4 nitrogen and oxygen atoms in total. The molecule has 0 saturated carbocycles. The molecule has 1 rings (SSSR count). The van der Waals surface area contributed by atoms with Crippen LogP contribution in [0.4, 0.5) is 5.69 Å². The molecule has 1 unspecified atom stereocenters. The zero-order valence-corrected chi connectivity index (χ0v) is 11.7. The molecule has 0 bridgehead atoms. The van der Waals surface area contributed by atoms with E-state index in [9.17, 15) is 8.42 Å². The molecule has 1 aromatic rings. The Morgan fingerprint density at radius 2 is 1.89 bits per heavy atom. The van der Waals surface area contributed by atoms with E-state index >= 15 is 0 Å². The number of rotatable bonds is 7. The molecule has 0 amide bonds. The van der Waals surface area contributed by atoms with E-state index in [2.05, 4.69) is 12.2 Å². The highest BCUT2D eigenvalue weighted by atomic mass is 32.2. The second-order valence-corrected chi connectivity index (χ2v) is 6.70. The van der Waals surface area contributed by atoms with Crippen LogP contribution >= 0.6 is 0 Å². The van der Waals surface area contributed by atoms with E-state index in [1.54, 1.807) is 31.2 Å². The standard InChI is InChI=1S/C13H21NO3S/c1-3-18(16,17)13-6-4-12(5-7-13)14-10-11(2)8-9-15/h4-7,11,14-15H,3,8-10H2,1-2H3. The Labute approximate surface area is 109 Å². The first-order valence-electron chi connectivity index (χ1n) is 6.17. The number of hydrogen-bond donors (Lipinski definition) is 2. The zero-order chi connectivity index (χ0) is 13.6. The third-order valence-corrected chi connectivity index (χ3v) is 4.62. The third-order valence-electron chi connectivity index (χ3n) is 2.87. The molecule has 0 saturated heterocycles. The van der Waals surface area contributed by atoms with Crippen LogP contribution in [0.3, 0.4) is 0 Å². The Bertz CT molecular complexity index is 454. The second kappa shape index (κ2) is 6.75. The van der Waals surface area contributed by atoms with E-state index in [1.165, 1.54) is 0 Å². The molecule has 0 aliphatic rings. The van der Waals surface area contributed by atoms with E-state index in [-0.39, 0.29) is 12.4 Å². The molecule has 102 valence electrons. The molecule has 1 atom stereocenters. The first kappa shape index (κ1) is 15.0. The summed E-state index contributed by atoms with van der Waals surface area (Å²) in [7, 11) is -3.12. The van der Waals surface area contributed by atoms with Crippen molar-refractivity contribution in [3.8, 4) is 0 Å². The van der Waals surface area contributed by atoms with Crippen molar-refractivity contribution in [1.82, 2.24) is 0 Å². The van der Waals surface area contributed by atoms with Crippen molar-refractivity contribution >= 4 is 15.5 Å². The Kier molecular flexibility index (Phi) is 5.62. The maximum Gasteiger partial charge on any atom is 0.178 e. The van der Waals surface area contributed by atoms with Crippen molar-refractivity contribution in [3.05, 3.63) is 24.3 Å². The van der Waals surface area contributed by atoms with Gasteiger partial charge in [0.05, 0.1) is 10.6 Å². The Morgan fingerprint density at radius 3 is 2.39 bits per heavy atom. The number of sulfone groups is 1. The van der Waals surface area contributed by atoms with E-state index in [0.29, 0.717) is 10.8 Å². The molecule has 1 aromatic carbocycles. The fraction of sp³-hybridized carbons (Fsp3) is 0.538. The van der Waals surface area contributed by atoms with Gasteiger partial charge in [0.2, 0.25) is 0 Å². The van der Waals surface area contributed by atoms with Crippen LogP contribution < -0.4 is 5.32 Å². The maximum absolute atomic E-state index is 11.6. The van der Waals surface area contributed by atoms with Gasteiger partial charge in [0.15, 0.2) is 9.84 Å². The summed E-state index contributed by atoms with van der Waals surface area (Å²) in [4.78, 5) is 0.360. The molecular weight excluding hydrogens is 250 g/mol. The van der Waals surface area contributed by atoms with Crippen LogP contribution in [0.2, 0.25) is 0 Å². The molecule has 18 heavy (non-hydrogen) atoms. The molecule has 0 fully saturated rings. The molecule has 0 heterocycles. The molecular formula is C13H21NO3S. The number of anilines is 1. The van der Waals surface area contributed by atoms with Gasteiger partial charge in [0.1, 0.15) is 0 Å². The molecule has 2 N–H and O–H groups in total. The highest BCUT2D eigenvalue weighted by Gasteiger charge is 2.10. The number of aliphatic hydroxyl groups excluding tert-OH is 1. The van der Waals surface area contributed by atoms with Crippen LogP contribution in [0, 0.1) is 5.92 Å². The molecule has 0 radical (unpaired) electrons. The van der Waals surface area contributed by atoms with Crippen molar-refractivity contribution < 1.29 is 13.5 Å². The minimum absolute atomic E-state index is 0.118. The minimum atomic E-state index is -3.12. The summed E-state index contributed by atoms with van der Waals surface area (Å²) in [5, 5.41) is 12.0. The van der Waals surface area contributed by atoms with Crippen LogP contribution in [0.15, 0.2) is 29.2 Å². The predicted octanol–water partition coefficient (Wildman–Crippen LogP) is 1.91. The first-order chi connectivity index (χ1) is 8.49. The average Bonchev–Trinajstić information content (AvgIpc) is 2.37. The second-order valence-electron chi connectivity index (χ2n) is 4.43. The van der Waals surface area contributed by atoms with E-state index in [0.717, 1.165) is 18.7 Å². The monoisotopic (exact) mass is 271 g/mol. The summed E-state index contributed by atoms with van der Waals surface area (Å²) in [5.41, 5.74) is 0.898.